The first-order chi connectivity index (χ1) is 6.63. The Morgan fingerprint density at radius 2 is 2.21 bits per heavy atom. The van der Waals surface area contributed by atoms with Crippen LogP contribution in [0.1, 0.15) is 46.0 Å². The van der Waals surface area contributed by atoms with E-state index in [1.54, 1.807) is 0 Å². The van der Waals surface area contributed by atoms with E-state index in [1.807, 2.05) is 0 Å². The third kappa shape index (κ3) is 1.65. The fourth-order valence-corrected chi connectivity index (χ4v) is 3.25. The van der Waals surface area contributed by atoms with Crippen LogP contribution >= 0.6 is 0 Å². The largest absolute Gasteiger partial charge is 0.298 e. The molecule has 0 bridgehead atoms. The third-order valence-corrected chi connectivity index (χ3v) is 4.16. The molecule has 1 fully saturated rings. The Balaban J connectivity index is 2.25. The molecule has 0 amide bonds. The van der Waals surface area contributed by atoms with Gasteiger partial charge < -0.3 is 0 Å². The van der Waals surface area contributed by atoms with E-state index in [1.165, 1.54) is 25.7 Å². The van der Waals surface area contributed by atoms with E-state index in [4.69, 9.17) is 0 Å². The molecule has 0 aliphatic heterocycles. The van der Waals surface area contributed by atoms with Gasteiger partial charge in [-0.1, -0.05) is 26.3 Å². The van der Waals surface area contributed by atoms with Crippen molar-refractivity contribution in [3.8, 4) is 0 Å². The molecule has 0 aromatic heterocycles. The van der Waals surface area contributed by atoms with Crippen molar-refractivity contribution in [1.29, 1.82) is 0 Å². The summed E-state index contributed by atoms with van der Waals surface area (Å²) in [4.78, 5) is 10.8. The summed E-state index contributed by atoms with van der Waals surface area (Å²) >= 11 is 0. The van der Waals surface area contributed by atoms with Gasteiger partial charge in [0.2, 0.25) is 0 Å². The molecule has 1 nitrogen and oxygen atoms in total. The highest BCUT2D eigenvalue weighted by atomic mass is 16.1. The molecule has 78 valence electrons. The fraction of sp³-hybridized carbons (Fsp3) is 0.769. The Labute approximate surface area is 86.6 Å². The summed E-state index contributed by atoms with van der Waals surface area (Å²) in [6.07, 6.45) is 9.63. The summed E-state index contributed by atoms with van der Waals surface area (Å²) in [6.45, 7) is 4.71. The van der Waals surface area contributed by atoms with Crippen LogP contribution in [0, 0.1) is 17.3 Å². The highest BCUT2D eigenvalue weighted by Gasteiger charge is 2.39. The lowest BCUT2D eigenvalue weighted by atomic mass is 9.60. The highest BCUT2D eigenvalue weighted by Crippen LogP contribution is 2.48. The number of allylic oxidation sites excluding steroid dienone is 2. The van der Waals surface area contributed by atoms with Crippen LogP contribution < -0.4 is 0 Å². The molecule has 0 spiro atoms. The van der Waals surface area contributed by atoms with E-state index in [2.05, 4.69) is 19.9 Å². The van der Waals surface area contributed by atoms with E-state index in [9.17, 15) is 4.79 Å². The van der Waals surface area contributed by atoms with Crippen LogP contribution in [0.3, 0.4) is 0 Å². The number of carbonyl (C=O) groups excluding carboxylic acids is 1. The third-order valence-electron chi connectivity index (χ3n) is 4.16. The van der Waals surface area contributed by atoms with Crippen molar-refractivity contribution < 1.29 is 4.79 Å². The molecule has 1 heteroatoms. The number of hydrogen-bond donors (Lipinski definition) is 0. The zero-order chi connectivity index (χ0) is 10.2. The van der Waals surface area contributed by atoms with Gasteiger partial charge in [0.15, 0.2) is 0 Å². The molecule has 2 unspecified atom stereocenters. The maximum Gasteiger partial charge on any atom is 0.145 e. The molecule has 0 aromatic carbocycles. The summed E-state index contributed by atoms with van der Waals surface area (Å²) in [7, 11) is 0. The summed E-state index contributed by atoms with van der Waals surface area (Å²) < 4.78 is 0. The van der Waals surface area contributed by atoms with Gasteiger partial charge in [0, 0.05) is 0 Å². The van der Waals surface area contributed by atoms with Gasteiger partial charge in [0.05, 0.1) is 0 Å². The Morgan fingerprint density at radius 1 is 1.43 bits per heavy atom. The van der Waals surface area contributed by atoms with Crippen molar-refractivity contribution in [2.45, 2.75) is 46.0 Å². The molecule has 2 atom stereocenters. The number of hydrogen-bond acceptors (Lipinski definition) is 1. The topological polar surface area (TPSA) is 17.1 Å². The minimum Gasteiger partial charge on any atom is -0.298 e. The van der Waals surface area contributed by atoms with Crippen molar-refractivity contribution >= 4 is 6.29 Å². The van der Waals surface area contributed by atoms with E-state index in [0.717, 1.165) is 24.2 Å². The normalized spacial score (nSPS) is 35.7. The smallest absolute Gasteiger partial charge is 0.145 e. The van der Waals surface area contributed by atoms with Crippen LogP contribution in [0.2, 0.25) is 0 Å². The average Bonchev–Trinajstić information content (AvgIpc) is 2.17. The lowest BCUT2D eigenvalue weighted by molar-refractivity contribution is -0.105. The van der Waals surface area contributed by atoms with Gasteiger partial charge in [-0.05, 0) is 48.5 Å². The minimum atomic E-state index is 0.414. The second-order valence-electron chi connectivity index (χ2n) is 5.56. The Hall–Kier alpha value is -0.590. The Kier molecular flexibility index (Phi) is 2.50. The zero-order valence-corrected chi connectivity index (χ0v) is 9.25. The summed E-state index contributed by atoms with van der Waals surface area (Å²) in [5.41, 5.74) is 1.46. The van der Waals surface area contributed by atoms with Gasteiger partial charge >= 0.3 is 0 Å². The van der Waals surface area contributed by atoms with E-state index in [-0.39, 0.29) is 0 Å². The van der Waals surface area contributed by atoms with E-state index >= 15 is 0 Å². The molecule has 0 heterocycles. The van der Waals surface area contributed by atoms with Crippen LogP contribution in [-0.4, -0.2) is 6.29 Å². The molecule has 2 aliphatic rings. The molecular weight excluding hydrogens is 172 g/mol. The Morgan fingerprint density at radius 3 is 2.93 bits per heavy atom. The van der Waals surface area contributed by atoms with Gasteiger partial charge in [-0.2, -0.15) is 0 Å². The monoisotopic (exact) mass is 192 g/mol. The zero-order valence-electron chi connectivity index (χ0n) is 9.25. The first kappa shape index (κ1) is 9.95. The average molecular weight is 192 g/mol. The predicted octanol–water partition coefficient (Wildman–Crippen LogP) is 3.35. The number of fused-ring (bicyclic) bond motifs is 1. The minimum absolute atomic E-state index is 0.414. The molecule has 2 aliphatic carbocycles. The number of aldehydes is 1. The van der Waals surface area contributed by atoms with Crippen LogP contribution in [0.15, 0.2) is 11.6 Å². The van der Waals surface area contributed by atoms with Gasteiger partial charge in [0.1, 0.15) is 6.29 Å². The molecular formula is C13H20O. The predicted molar refractivity (Wildman–Crippen MR) is 58.0 cm³/mol. The maximum atomic E-state index is 10.8. The van der Waals surface area contributed by atoms with Gasteiger partial charge in [-0.3, -0.25) is 4.79 Å². The number of carbonyl (C=O) groups is 1. The van der Waals surface area contributed by atoms with Gasteiger partial charge in [-0.25, -0.2) is 0 Å². The van der Waals surface area contributed by atoms with E-state index in [0.29, 0.717) is 11.3 Å². The van der Waals surface area contributed by atoms with Gasteiger partial charge in [-0.15, -0.1) is 0 Å². The molecule has 1 saturated carbocycles. The standard InChI is InChI=1S/C13H20O/c1-13(2)7-3-4-11-6-5-10(9-14)8-12(11)13/h8-9,11-12H,3-7H2,1-2H3. The molecule has 0 aromatic rings. The molecule has 0 radical (unpaired) electrons. The maximum absolute atomic E-state index is 10.8. The van der Waals surface area contributed by atoms with Crippen LogP contribution in [0.4, 0.5) is 0 Å². The van der Waals surface area contributed by atoms with Crippen molar-refractivity contribution in [2.75, 3.05) is 0 Å². The lowest BCUT2D eigenvalue weighted by Gasteiger charge is -2.45. The first-order valence-electron chi connectivity index (χ1n) is 5.79. The first-order valence-corrected chi connectivity index (χ1v) is 5.79. The van der Waals surface area contributed by atoms with Crippen LogP contribution in [-0.2, 0) is 4.79 Å². The molecule has 2 rings (SSSR count). The summed E-state index contributed by atoms with van der Waals surface area (Å²) in [5.74, 6) is 1.51. The van der Waals surface area contributed by atoms with E-state index < -0.39 is 0 Å². The quantitative estimate of drug-likeness (QED) is 0.582. The fourth-order valence-electron chi connectivity index (χ4n) is 3.25. The van der Waals surface area contributed by atoms with Crippen molar-refractivity contribution in [3.63, 3.8) is 0 Å². The second kappa shape index (κ2) is 3.52. The van der Waals surface area contributed by atoms with Crippen molar-refractivity contribution in [1.82, 2.24) is 0 Å². The summed E-state index contributed by atoms with van der Waals surface area (Å²) in [6, 6.07) is 0. The lowest BCUT2D eigenvalue weighted by Crippen LogP contribution is -2.35. The highest BCUT2D eigenvalue weighted by molar-refractivity contribution is 5.73. The Bertz CT molecular complexity index is 262. The van der Waals surface area contributed by atoms with Crippen molar-refractivity contribution in [3.05, 3.63) is 11.6 Å². The van der Waals surface area contributed by atoms with Crippen LogP contribution in [0.25, 0.3) is 0 Å². The molecule has 14 heavy (non-hydrogen) atoms. The van der Waals surface area contributed by atoms with Crippen molar-refractivity contribution in [2.24, 2.45) is 17.3 Å². The summed E-state index contributed by atoms with van der Waals surface area (Å²) in [5, 5.41) is 0. The second-order valence-corrected chi connectivity index (χ2v) is 5.56. The number of rotatable bonds is 1. The van der Waals surface area contributed by atoms with Gasteiger partial charge in [0.25, 0.3) is 0 Å². The van der Waals surface area contributed by atoms with Crippen LogP contribution in [0.5, 0.6) is 0 Å². The molecule has 0 N–H and O–H groups in total. The molecule has 0 saturated heterocycles. The SMILES string of the molecule is CC1(C)CCCC2CCC(C=O)=CC21.